The standard InChI is InChI=1S/C20H29NO3/c1-12-8-7-9-21(10-12)18(22)11-24-20(23)19-16(5)14(3)13(2)15(4)17(19)6/h12H,7-11H2,1-6H3/t12-/m1/s1. The van der Waals surface area contributed by atoms with Gasteiger partial charge in [-0.25, -0.2) is 4.79 Å². The van der Waals surface area contributed by atoms with E-state index in [1.54, 1.807) is 0 Å². The number of esters is 1. The van der Waals surface area contributed by atoms with Crippen LogP contribution in [0.4, 0.5) is 0 Å². The van der Waals surface area contributed by atoms with Gasteiger partial charge in [0.2, 0.25) is 0 Å². The van der Waals surface area contributed by atoms with Gasteiger partial charge < -0.3 is 9.64 Å². The quantitative estimate of drug-likeness (QED) is 0.794. The lowest BCUT2D eigenvalue weighted by Gasteiger charge is -2.30. The predicted molar refractivity (Wildman–Crippen MR) is 95.4 cm³/mol. The van der Waals surface area contributed by atoms with E-state index in [9.17, 15) is 9.59 Å². The minimum absolute atomic E-state index is 0.0919. The normalized spacial score (nSPS) is 17.8. The Morgan fingerprint density at radius 1 is 1.00 bits per heavy atom. The highest BCUT2D eigenvalue weighted by Gasteiger charge is 2.24. The van der Waals surface area contributed by atoms with Gasteiger partial charge in [0.1, 0.15) is 0 Å². The molecule has 0 N–H and O–H groups in total. The van der Waals surface area contributed by atoms with Crippen molar-refractivity contribution in [1.29, 1.82) is 0 Å². The van der Waals surface area contributed by atoms with Crippen LogP contribution in [0.1, 0.15) is 57.9 Å². The predicted octanol–water partition coefficient (Wildman–Crippen LogP) is 3.64. The number of piperidine rings is 1. The molecule has 1 aromatic rings. The van der Waals surface area contributed by atoms with Crippen molar-refractivity contribution in [1.82, 2.24) is 4.90 Å². The average molecular weight is 331 g/mol. The number of rotatable bonds is 3. The molecule has 4 nitrogen and oxygen atoms in total. The molecule has 1 aliphatic heterocycles. The third-order valence-electron chi connectivity index (χ3n) is 5.54. The fraction of sp³-hybridized carbons (Fsp3) is 0.600. The summed E-state index contributed by atoms with van der Waals surface area (Å²) < 4.78 is 5.36. The first-order valence-corrected chi connectivity index (χ1v) is 8.75. The maximum absolute atomic E-state index is 12.6. The number of amides is 1. The third kappa shape index (κ3) is 3.63. The molecular weight excluding hydrogens is 302 g/mol. The van der Waals surface area contributed by atoms with E-state index < -0.39 is 5.97 Å². The largest absolute Gasteiger partial charge is 0.452 e. The van der Waals surface area contributed by atoms with E-state index in [0.29, 0.717) is 11.5 Å². The average Bonchev–Trinajstić information content (AvgIpc) is 2.56. The van der Waals surface area contributed by atoms with Gasteiger partial charge in [-0.2, -0.15) is 0 Å². The molecule has 0 saturated carbocycles. The molecular formula is C20H29NO3. The highest BCUT2D eigenvalue weighted by Crippen LogP contribution is 2.26. The van der Waals surface area contributed by atoms with E-state index in [0.717, 1.165) is 48.2 Å². The van der Waals surface area contributed by atoms with Crippen LogP contribution >= 0.6 is 0 Å². The SMILES string of the molecule is Cc1c(C)c(C)c(C(=O)OCC(=O)N2CCC[C@@H](C)C2)c(C)c1C. The zero-order valence-corrected chi connectivity index (χ0v) is 15.8. The Labute approximate surface area is 145 Å². The van der Waals surface area contributed by atoms with Crippen LogP contribution in [0.2, 0.25) is 0 Å². The van der Waals surface area contributed by atoms with E-state index in [-0.39, 0.29) is 12.5 Å². The van der Waals surface area contributed by atoms with E-state index in [1.165, 1.54) is 5.56 Å². The first-order chi connectivity index (χ1) is 11.2. The van der Waals surface area contributed by atoms with Crippen LogP contribution in [0, 0.1) is 40.5 Å². The molecule has 1 fully saturated rings. The number of ether oxygens (including phenoxy) is 1. The topological polar surface area (TPSA) is 46.6 Å². The number of benzene rings is 1. The summed E-state index contributed by atoms with van der Waals surface area (Å²) in [5, 5.41) is 0. The lowest BCUT2D eigenvalue weighted by Crippen LogP contribution is -2.41. The number of carbonyl (C=O) groups excluding carboxylic acids is 2. The zero-order valence-electron chi connectivity index (χ0n) is 15.8. The van der Waals surface area contributed by atoms with E-state index >= 15 is 0 Å². The smallest absolute Gasteiger partial charge is 0.339 e. The summed E-state index contributed by atoms with van der Waals surface area (Å²) >= 11 is 0. The molecule has 4 heteroatoms. The number of nitrogens with zero attached hydrogens (tertiary/aromatic N) is 1. The second-order valence-corrected chi connectivity index (χ2v) is 7.16. The summed E-state index contributed by atoms with van der Waals surface area (Å²) in [6.45, 7) is 13.5. The van der Waals surface area contributed by atoms with Gasteiger partial charge in [0.05, 0.1) is 5.56 Å². The van der Waals surface area contributed by atoms with Gasteiger partial charge in [-0.05, 0) is 81.2 Å². The summed E-state index contributed by atoms with van der Waals surface area (Å²) in [6, 6.07) is 0. The molecule has 0 aromatic heterocycles. The minimum Gasteiger partial charge on any atom is -0.452 e. The Morgan fingerprint density at radius 2 is 1.54 bits per heavy atom. The summed E-state index contributed by atoms with van der Waals surface area (Å²) in [5.74, 6) is 0.0330. The van der Waals surface area contributed by atoms with Crippen molar-refractivity contribution < 1.29 is 14.3 Å². The Balaban J connectivity index is 2.09. The number of likely N-dealkylation sites (tertiary alicyclic amines) is 1. The molecule has 24 heavy (non-hydrogen) atoms. The maximum atomic E-state index is 12.6. The second kappa shape index (κ2) is 7.37. The first-order valence-electron chi connectivity index (χ1n) is 8.75. The van der Waals surface area contributed by atoms with Crippen LogP contribution in [0.3, 0.4) is 0 Å². The van der Waals surface area contributed by atoms with Crippen molar-refractivity contribution in [2.24, 2.45) is 5.92 Å². The van der Waals surface area contributed by atoms with Crippen molar-refractivity contribution in [2.75, 3.05) is 19.7 Å². The molecule has 1 saturated heterocycles. The highest BCUT2D eigenvalue weighted by molar-refractivity contribution is 5.95. The Morgan fingerprint density at radius 3 is 2.08 bits per heavy atom. The number of carbonyl (C=O) groups is 2. The van der Waals surface area contributed by atoms with Crippen molar-refractivity contribution in [2.45, 2.75) is 54.4 Å². The number of hydrogen-bond donors (Lipinski definition) is 0. The minimum atomic E-state index is -0.394. The summed E-state index contributed by atoms with van der Waals surface area (Å²) in [4.78, 5) is 26.7. The first kappa shape index (κ1) is 18.5. The number of hydrogen-bond acceptors (Lipinski definition) is 3. The Bertz CT molecular complexity index is 634. The van der Waals surface area contributed by atoms with Crippen molar-refractivity contribution in [3.63, 3.8) is 0 Å². The molecule has 1 aliphatic rings. The summed E-state index contributed by atoms with van der Waals surface area (Å²) in [7, 11) is 0. The maximum Gasteiger partial charge on any atom is 0.339 e. The monoisotopic (exact) mass is 331 g/mol. The summed E-state index contributed by atoms with van der Waals surface area (Å²) in [5.41, 5.74) is 5.93. The summed E-state index contributed by atoms with van der Waals surface area (Å²) in [6.07, 6.45) is 2.18. The van der Waals surface area contributed by atoms with Crippen LogP contribution in [0.5, 0.6) is 0 Å². The Hall–Kier alpha value is -1.84. The molecule has 0 spiro atoms. The molecule has 0 aliphatic carbocycles. The molecule has 0 unspecified atom stereocenters. The van der Waals surface area contributed by atoms with Gasteiger partial charge in [-0.3, -0.25) is 4.79 Å². The second-order valence-electron chi connectivity index (χ2n) is 7.16. The molecule has 132 valence electrons. The van der Waals surface area contributed by atoms with E-state index in [1.807, 2.05) is 32.6 Å². The van der Waals surface area contributed by atoms with Gasteiger partial charge in [0, 0.05) is 13.1 Å². The van der Waals surface area contributed by atoms with Gasteiger partial charge in [-0.15, -0.1) is 0 Å². The van der Waals surface area contributed by atoms with Crippen molar-refractivity contribution >= 4 is 11.9 Å². The highest BCUT2D eigenvalue weighted by atomic mass is 16.5. The lowest BCUT2D eigenvalue weighted by molar-refractivity contribution is -0.136. The fourth-order valence-corrected chi connectivity index (χ4v) is 3.51. The molecule has 1 heterocycles. The molecule has 0 radical (unpaired) electrons. The lowest BCUT2D eigenvalue weighted by atomic mass is 9.90. The van der Waals surface area contributed by atoms with E-state index in [4.69, 9.17) is 4.74 Å². The molecule has 0 bridgehead atoms. The van der Waals surface area contributed by atoms with Gasteiger partial charge in [0.15, 0.2) is 6.61 Å². The molecule has 1 aromatic carbocycles. The van der Waals surface area contributed by atoms with Crippen LogP contribution in [-0.2, 0) is 9.53 Å². The fourth-order valence-electron chi connectivity index (χ4n) is 3.51. The molecule has 2 rings (SSSR count). The third-order valence-corrected chi connectivity index (χ3v) is 5.54. The van der Waals surface area contributed by atoms with Crippen LogP contribution in [0.15, 0.2) is 0 Å². The van der Waals surface area contributed by atoms with Gasteiger partial charge in [0.25, 0.3) is 5.91 Å². The van der Waals surface area contributed by atoms with Gasteiger partial charge >= 0.3 is 5.97 Å². The van der Waals surface area contributed by atoms with Crippen molar-refractivity contribution in [3.8, 4) is 0 Å². The Kier molecular flexibility index (Phi) is 5.68. The van der Waals surface area contributed by atoms with Crippen LogP contribution in [0.25, 0.3) is 0 Å². The van der Waals surface area contributed by atoms with E-state index in [2.05, 4.69) is 13.8 Å². The molecule has 1 atom stereocenters. The zero-order chi connectivity index (χ0) is 18.0. The van der Waals surface area contributed by atoms with Crippen molar-refractivity contribution in [3.05, 3.63) is 33.4 Å². The van der Waals surface area contributed by atoms with Crippen LogP contribution < -0.4 is 0 Å². The van der Waals surface area contributed by atoms with Gasteiger partial charge in [-0.1, -0.05) is 6.92 Å². The van der Waals surface area contributed by atoms with Crippen LogP contribution in [-0.4, -0.2) is 36.5 Å². The molecule has 1 amide bonds.